The van der Waals surface area contributed by atoms with Crippen molar-refractivity contribution in [2.24, 2.45) is 17.3 Å². The number of hydrogen-bond acceptors (Lipinski definition) is 6. The van der Waals surface area contributed by atoms with Gasteiger partial charge in [0.15, 0.2) is 0 Å². The lowest BCUT2D eigenvalue weighted by Gasteiger charge is -2.49. The van der Waals surface area contributed by atoms with Crippen LogP contribution in [0.5, 0.6) is 0 Å². The topological polar surface area (TPSA) is 116 Å². The predicted molar refractivity (Wildman–Crippen MR) is 160 cm³/mol. The van der Waals surface area contributed by atoms with Crippen LogP contribution in [0.25, 0.3) is 0 Å². The number of carboxylic acid groups (broad SMARTS) is 1. The second-order valence-corrected chi connectivity index (χ2v) is 18.9. The lowest BCUT2D eigenvalue weighted by atomic mass is 9.76. The number of aliphatic hydroxyl groups is 3. The average Bonchev–Trinajstić information content (AvgIpc) is 2.82. The van der Waals surface area contributed by atoms with E-state index in [9.17, 15) is 25.2 Å². The Kier molecular flexibility index (Phi) is 13.6. The first-order valence-electron chi connectivity index (χ1n) is 14.7. The highest BCUT2D eigenvalue weighted by Crippen LogP contribution is 2.46. The zero-order chi connectivity index (χ0) is 30.5. The summed E-state index contributed by atoms with van der Waals surface area (Å²) in [5, 5.41) is 41.7. The Labute approximate surface area is 238 Å². The Morgan fingerprint density at radius 3 is 2.00 bits per heavy atom. The van der Waals surface area contributed by atoms with Gasteiger partial charge in [-0.2, -0.15) is 0 Å². The monoisotopic (exact) mass is 570 g/mol. The fourth-order valence-corrected chi connectivity index (χ4v) is 12.3. The Balaban J connectivity index is 3.11. The van der Waals surface area contributed by atoms with Crippen LogP contribution in [0.2, 0.25) is 16.6 Å². The SMILES string of the molecule is C=C[C@@H](O)C(C)(C)[C@H](O)C[C@@H](C)[C@@H](O)C(=C)C[C@@H]1C[C@H](O[Si](C(C)C)(C(C)C)C(C)C)[C@@H](C)[C@H](CC(=O)O)O1. The molecule has 8 atom stereocenters. The van der Waals surface area contributed by atoms with E-state index in [4.69, 9.17) is 9.16 Å². The minimum atomic E-state index is -2.21. The molecule has 0 aromatic rings. The van der Waals surface area contributed by atoms with E-state index in [0.29, 0.717) is 35.0 Å². The molecule has 0 aromatic carbocycles. The molecular weight excluding hydrogens is 512 g/mol. The van der Waals surface area contributed by atoms with Gasteiger partial charge in [-0.3, -0.25) is 4.79 Å². The van der Waals surface area contributed by atoms with E-state index in [1.165, 1.54) is 6.08 Å². The zero-order valence-electron chi connectivity index (χ0n) is 26.2. The van der Waals surface area contributed by atoms with Crippen LogP contribution in [0.15, 0.2) is 24.8 Å². The van der Waals surface area contributed by atoms with Gasteiger partial charge in [-0.05, 0) is 47.4 Å². The molecule has 0 amide bonds. The van der Waals surface area contributed by atoms with Crippen LogP contribution in [-0.4, -0.2) is 71.3 Å². The molecule has 0 unspecified atom stereocenters. The molecule has 1 rings (SSSR count). The van der Waals surface area contributed by atoms with Crippen molar-refractivity contribution in [2.75, 3.05) is 0 Å². The van der Waals surface area contributed by atoms with Gasteiger partial charge < -0.3 is 29.6 Å². The van der Waals surface area contributed by atoms with Crippen LogP contribution in [0.3, 0.4) is 0 Å². The minimum Gasteiger partial charge on any atom is -0.481 e. The largest absolute Gasteiger partial charge is 0.481 e. The molecule has 0 saturated carbocycles. The minimum absolute atomic E-state index is 0.0775. The number of aliphatic carboxylic acids is 1. The molecule has 1 aliphatic rings. The summed E-state index contributed by atoms with van der Waals surface area (Å²) in [4.78, 5) is 11.7. The van der Waals surface area contributed by atoms with Crippen molar-refractivity contribution in [1.82, 2.24) is 0 Å². The number of carboxylic acids is 1. The Hall–Kier alpha value is -1.03. The van der Waals surface area contributed by atoms with Gasteiger partial charge >= 0.3 is 5.97 Å². The van der Waals surface area contributed by atoms with Crippen LogP contribution in [0.1, 0.15) is 94.9 Å². The molecule has 228 valence electrons. The molecule has 0 bridgehead atoms. The molecule has 0 aliphatic carbocycles. The fourth-order valence-electron chi connectivity index (χ4n) is 6.60. The number of ether oxygens (including phenoxy) is 1. The van der Waals surface area contributed by atoms with E-state index >= 15 is 0 Å². The highest BCUT2D eigenvalue weighted by molar-refractivity contribution is 6.77. The zero-order valence-corrected chi connectivity index (χ0v) is 27.2. The molecule has 39 heavy (non-hydrogen) atoms. The van der Waals surface area contributed by atoms with Gasteiger partial charge in [0, 0.05) is 11.3 Å². The second-order valence-electron chi connectivity index (χ2n) is 13.5. The summed E-state index contributed by atoms with van der Waals surface area (Å²) in [5.41, 5.74) is 0.975. The summed E-state index contributed by atoms with van der Waals surface area (Å²) in [6.07, 6.45) is -0.998. The van der Waals surface area contributed by atoms with E-state index in [2.05, 4.69) is 54.7 Å². The molecule has 7 nitrogen and oxygen atoms in total. The molecule has 1 fully saturated rings. The van der Waals surface area contributed by atoms with Crippen LogP contribution in [-0.2, 0) is 14.0 Å². The highest BCUT2D eigenvalue weighted by atomic mass is 28.4. The molecule has 1 heterocycles. The highest BCUT2D eigenvalue weighted by Gasteiger charge is 2.49. The third kappa shape index (κ3) is 8.73. The molecule has 0 spiro atoms. The molecule has 0 radical (unpaired) electrons. The van der Waals surface area contributed by atoms with Gasteiger partial charge in [-0.1, -0.05) is 81.9 Å². The molecule has 1 saturated heterocycles. The Morgan fingerprint density at radius 2 is 1.56 bits per heavy atom. The summed E-state index contributed by atoms with van der Waals surface area (Å²) >= 11 is 0. The maximum Gasteiger partial charge on any atom is 0.305 e. The van der Waals surface area contributed by atoms with Gasteiger partial charge in [0.2, 0.25) is 8.32 Å². The number of carbonyl (C=O) groups is 1. The normalized spacial score (nSPS) is 25.9. The quantitative estimate of drug-likeness (QED) is 0.131. The summed E-state index contributed by atoms with van der Waals surface area (Å²) in [6.45, 7) is 28.6. The second kappa shape index (κ2) is 14.7. The summed E-state index contributed by atoms with van der Waals surface area (Å²) in [6, 6.07) is 0. The van der Waals surface area contributed by atoms with Crippen LogP contribution in [0, 0.1) is 17.3 Å². The van der Waals surface area contributed by atoms with E-state index in [-0.39, 0.29) is 36.9 Å². The molecule has 0 aromatic heterocycles. The molecule has 8 heteroatoms. The fraction of sp³-hybridized carbons (Fsp3) is 0.839. The molecule has 4 N–H and O–H groups in total. The maximum atomic E-state index is 11.7. The smallest absolute Gasteiger partial charge is 0.305 e. The van der Waals surface area contributed by atoms with Gasteiger partial charge in [-0.15, -0.1) is 6.58 Å². The average molecular weight is 571 g/mol. The van der Waals surface area contributed by atoms with Crippen molar-refractivity contribution >= 4 is 14.3 Å². The molecule has 1 aliphatic heterocycles. The molecular formula is C31H58O7Si. The van der Waals surface area contributed by atoms with Crippen molar-refractivity contribution < 1.29 is 34.4 Å². The van der Waals surface area contributed by atoms with Crippen molar-refractivity contribution in [2.45, 2.75) is 148 Å². The first-order valence-corrected chi connectivity index (χ1v) is 16.9. The van der Waals surface area contributed by atoms with E-state index in [1.54, 1.807) is 13.8 Å². The van der Waals surface area contributed by atoms with E-state index in [0.717, 1.165) is 0 Å². The van der Waals surface area contributed by atoms with Gasteiger partial charge in [0.1, 0.15) is 0 Å². The third-order valence-corrected chi connectivity index (χ3v) is 15.5. The first-order chi connectivity index (χ1) is 17.8. The predicted octanol–water partition coefficient (Wildman–Crippen LogP) is 6.08. The summed E-state index contributed by atoms with van der Waals surface area (Å²) in [7, 11) is -2.21. The van der Waals surface area contributed by atoms with Crippen molar-refractivity contribution in [3.05, 3.63) is 24.8 Å². The van der Waals surface area contributed by atoms with Crippen LogP contribution < -0.4 is 0 Å². The standard InChI is InChI=1S/C31H58O7Si/c1-13-27(32)31(11,12)28(33)15-22(9)30(36)21(8)14-24-16-26(23(10)25(37-24)17-29(34)35)38-39(18(2)3,19(4)5)20(6)7/h13,18-20,22-28,30,32-33,36H,1,8,14-17H2,2-7,9-12H3,(H,34,35)/t22-,23+,24-,25+,26+,27-,28-,30+/m1/s1. The Morgan fingerprint density at radius 1 is 1.05 bits per heavy atom. The van der Waals surface area contributed by atoms with Crippen molar-refractivity contribution in [3.63, 3.8) is 0 Å². The lowest BCUT2D eigenvalue weighted by molar-refractivity contribution is -0.155. The van der Waals surface area contributed by atoms with Gasteiger partial charge in [-0.25, -0.2) is 0 Å². The van der Waals surface area contributed by atoms with Gasteiger partial charge in [0.25, 0.3) is 0 Å². The number of aliphatic hydroxyl groups excluding tert-OH is 3. The maximum absolute atomic E-state index is 11.7. The lowest BCUT2D eigenvalue weighted by Crippen LogP contribution is -2.55. The number of hydrogen-bond donors (Lipinski definition) is 4. The third-order valence-electron chi connectivity index (χ3n) is 9.36. The Bertz CT molecular complexity index is 787. The van der Waals surface area contributed by atoms with Crippen LogP contribution in [0.4, 0.5) is 0 Å². The van der Waals surface area contributed by atoms with E-state index in [1.807, 2.05) is 13.8 Å². The van der Waals surface area contributed by atoms with Crippen molar-refractivity contribution in [3.8, 4) is 0 Å². The van der Waals surface area contributed by atoms with Crippen molar-refractivity contribution in [1.29, 1.82) is 0 Å². The first kappa shape index (κ1) is 36.0. The van der Waals surface area contributed by atoms with E-state index < -0.39 is 44.1 Å². The number of rotatable bonds is 16. The summed E-state index contributed by atoms with van der Waals surface area (Å²) in [5.74, 6) is -1.29. The van der Waals surface area contributed by atoms with Gasteiger partial charge in [0.05, 0.1) is 43.0 Å². The van der Waals surface area contributed by atoms with Crippen LogP contribution >= 0.6 is 0 Å². The summed E-state index contributed by atoms with van der Waals surface area (Å²) < 4.78 is 13.4.